The van der Waals surface area contributed by atoms with E-state index in [4.69, 9.17) is 0 Å². The van der Waals surface area contributed by atoms with Crippen LogP contribution in [0.15, 0.2) is 35.7 Å². The molecule has 3 N–H and O–H groups in total. The van der Waals surface area contributed by atoms with Crippen molar-refractivity contribution in [3.8, 4) is 0 Å². The third kappa shape index (κ3) is 3.77. The number of fused-ring (bicyclic) bond motifs is 1. The summed E-state index contributed by atoms with van der Waals surface area (Å²) in [7, 11) is 0. The zero-order valence-corrected chi connectivity index (χ0v) is 16.3. The molecule has 0 radical (unpaired) electrons. The Hall–Kier alpha value is -1.83. The lowest BCUT2D eigenvalue weighted by Crippen LogP contribution is -2.69. The van der Waals surface area contributed by atoms with Gasteiger partial charge in [0.05, 0.1) is 12.0 Å². The van der Waals surface area contributed by atoms with Crippen LogP contribution in [0.2, 0.25) is 0 Å². The van der Waals surface area contributed by atoms with Gasteiger partial charge in [0.1, 0.15) is 11.5 Å². The molecule has 2 fully saturated rings. The molecule has 3 aliphatic heterocycles. The maximum absolute atomic E-state index is 12.7. The first-order valence-electron chi connectivity index (χ1n) is 9.66. The molecule has 27 heavy (non-hydrogen) atoms. The van der Waals surface area contributed by atoms with E-state index >= 15 is 0 Å². The van der Waals surface area contributed by atoms with Gasteiger partial charge in [-0.2, -0.15) is 0 Å². The molecule has 144 valence electrons. The molecular formula is C20H26N4O2S. The maximum Gasteiger partial charge on any atom is 0.237 e. The van der Waals surface area contributed by atoms with E-state index in [1.807, 2.05) is 25.1 Å². The van der Waals surface area contributed by atoms with Crippen LogP contribution in [0.25, 0.3) is 5.57 Å². The molecule has 3 aliphatic rings. The maximum atomic E-state index is 12.7. The molecule has 1 aromatic rings. The monoisotopic (exact) mass is 386 g/mol. The molecule has 1 aromatic carbocycles. The lowest BCUT2D eigenvalue weighted by Gasteiger charge is -2.43. The van der Waals surface area contributed by atoms with Crippen LogP contribution in [-0.2, 0) is 9.59 Å². The Balaban J connectivity index is 1.48. The van der Waals surface area contributed by atoms with Crippen molar-refractivity contribution in [1.82, 2.24) is 20.9 Å². The summed E-state index contributed by atoms with van der Waals surface area (Å²) in [5.41, 5.74) is 2.32. The van der Waals surface area contributed by atoms with E-state index in [9.17, 15) is 9.59 Å². The van der Waals surface area contributed by atoms with Crippen molar-refractivity contribution in [2.75, 3.05) is 19.6 Å². The van der Waals surface area contributed by atoms with E-state index in [-0.39, 0.29) is 35.3 Å². The highest BCUT2D eigenvalue weighted by atomic mass is 32.2. The molecule has 0 aliphatic carbocycles. The average Bonchev–Trinajstić information content (AvgIpc) is 3.13. The van der Waals surface area contributed by atoms with Crippen LogP contribution < -0.4 is 16.0 Å². The van der Waals surface area contributed by atoms with Crippen molar-refractivity contribution in [3.05, 3.63) is 41.3 Å². The second-order valence-electron chi connectivity index (χ2n) is 7.28. The van der Waals surface area contributed by atoms with Gasteiger partial charge in [0.25, 0.3) is 0 Å². The molecule has 0 aromatic heterocycles. The lowest BCUT2D eigenvalue weighted by molar-refractivity contribution is -0.129. The van der Waals surface area contributed by atoms with Crippen molar-refractivity contribution >= 4 is 29.1 Å². The zero-order valence-electron chi connectivity index (χ0n) is 15.5. The molecule has 4 rings (SSSR count). The number of likely N-dealkylation sites (tertiary alicyclic amines) is 1. The number of benzene rings is 1. The van der Waals surface area contributed by atoms with Gasteiger partial charge in [-0.25, -0.2) is 0 Å². The van der Waals surface area contributed by atoms with Gasteiger partial charge < -0.3 is 10.6 Å². The van der Waals surface area contributed by atoms with Gasteiger partial charge in [-0.15, -0.1) is 11.8 Å². The molecular weight excluding hydrogens is 360 g/mol. The smallest absolute Gasteiger partial charge is 0.237 e. The van der Waals surface area contributed by atoms with Gasteiger partial charge in [0, 0.05) is 19.6 Å². The Bertz CT molecular complexity index is 739. The summed E-state index contributed by atoms with van der Waals surface area (Å²) in [5.74, 6) is 0.164. The molecule has 0 spiro atoms. The number of nitrogens with one attached hydrogen (secondary N) is 3. The Kier molecular flexibility index (Phi) is 5.52. The van der Waals surface area contributed by atoms with Crippen LogP contribution in [0.4, 0.5) is 0 Å². The van der Waals surface area contributed by atoms with Crippen LogP contribution in [0.1, 0.15) is 25.3 Å². The summed E-state index contributed by atoms with van der Waals surface area (Å²) in [4.78, 5) is 27.2. The highest BCUT2D eigenvalue weighted by molar-refractivity contribution is 8.04. The molecule has 4 unspecified atom stereocenters. The standard InChI is InChI=1S/C20H26N4O2S/c1-2-21-18(25)14-9-6-10-24(11-14)20-22-16-15(13-7-4-3-5-8-13)12-27-17(16)19(26)23-20/h3-5,7-8,12,14,16-17,20,22H,2,6,9-11H2,1H3,(H,21,25)(H,23,26). The Morgan fingerprint density at radius 1 is 1.33 bits per heavy atom. The van der Waals surface area contributed by atoms with Crippen LogP contribution in [0.3, 0.4) is 0 Å². The minimum Gasteiger partial charge on any atom is -0.356 e. The first kappa shape index (κ1) is 18.5. The van der Waals surface area contributed by atoms with Gasteiger partial charge in [-0.05, 0) is 36.3 Å². The van der Waals surface area contributed by atoms with Crippen molar-refractivity contribution in [3.63, 3.8) is 0 Å². The Labute approximate surface area is 164 Å². The Morgan fingerprint density at radius 3 is 2.93 bits per heavy atom. The fraction of sp³-hybridized carbons (Fsp3) is 0.500. The topological polar surface area (TPSA) is 73.5 Å². The molecule has 0 bridgehead atoms. The summed E-state index contributed by atoms with van der Waals surface area (Å²) in [6, 6.07) is 10.2. The lowest BCUT2D eigenvalue weighted by atomic mass is 9.94. The average molecular weight is 387 g/mol. The number of nitrogens with zero attached hydrogens (tertiary/aromatic N) is 1. The number of piperidine rings is 1. The van der Waals surface area contributed by atoms with E-state index in [1.165, 1.54) is 5.57 Å². The molecule has 7 heteroatoms. The highest BCUT2D eigenvalue weighted by Gasteiger charge is 2.44. The fourth-order valence-electron chi connectivity index (χ4n) is 4.13. The molecule has 4 atom stereocenters. The molecule has 3 heterocycles. The number of carbonyl (C=O) groups excluding carboxylic acids is 2. The SMILES string of the molecule is CCNC(=O)C1CCCN(C2NC(=O)C3SC=C(c4ccccc4)C3N2)C1. The van der Waals surface area contributed by atoms with E-state index in [1.54, 1.807) is 11.8 Å². The van der Waals surface area contributed by atoms with Gasteiger partial charge >= 0.3 is 0 Å². The number of hydrogen-bond donors (Lipinski definition) is 3. The van der Waals surface area contributed by atoms with Crippen LogP contribution in [0, 0.1) is 5.92 Å². The quantitative estimate of drug-likeness (QED) is 0.729. The second-order valence-corrected chi connectivity index (χ2v) is 8.30. The van der Waals surface area contributed by atoms with Crippen molar-refractivity contribution in [1.29, 1.82) is 0 Å². The molecule has 2 amide bonds. The summed E-state index contributed by atoms with van der Waals surface area (Å²) < 4.78 is 0. The molecule has 6 nitrogen and oxygen atoms in total. The summed E-state index contributed by atoms with van der Waals surface area (Å²) in [5, 5.41) is 11.6. The third-order valence-corrected chi connectivity index (χ3v) is 6.67. The number of hydrogen-bond acceptors (Lipinski definition) is 5. The molecule has 2 saturated heterocycles. The first-order chi connectivity index (χ1) is 13.2. The van der Waals surface area contributed by atoms with E-state index < -0.39 is 0 Å². The van der Waals surface area contributed by atoms with Gasteiger partial charge in [-0.1, -0.05) is 30.3 Å². The van der Waals surface area contributed by atoms with Crippen LogP contribution in [-0.4, -0.2) is 53.9 Å². The van der Waals surface area contributed by atoms with Crippen molar-refractivity contribution in [2.45, 2.75) is 37.3 Å². The van der Waals surface area contributed by atoms with Gasteiger partial charge in [-0.3, -0.25) is 19.8 Å². The third-order valence-electron chi connectivity index (χ3n) is 5.50. The van der Waals surface area contributed by atoms with Gasteiger partial charge in [0.15, 0.2) is 0 Å². The van der Waals surface area contributed by atoms with E-state index in [2.05, 4.69) is 38.4 Å². The number of carbonyl (C=O) groups is 2. The van der Waals surface area contributed by atoms with Crippen LogP contribution >= 0.6 is 11.8 Å². The summed E-state index contributed by atoms with van der Waals surface area (Å²) in [6.45, 7) is 4.14. The van der Waals surface area contributed by atoms with Crippen molar-refractivity contribution < 1.29 is 9.59 Å². The van der Waals surface area contributed by atoms with Crippen molar-refractivity contribution in [2.24, 2.45) is 5.92 Å². The number of rotatable bonds is 4. The second kappa shape index (κ2) is 8.04. The predicted octanol–water partition coefficient (Wildman–Crippen LogP) is 1.36. The normalized spacial score (nSPS) is 31.0. The summed E-state index contributed by atoms with van der Waals surface area (Å²) in [6.07, 6.45) is 1.63. The number of amides is 2. The summed E-state index contributed by atoms with van der Waals surface area (Å²) >= 11 is 1.58. The van der Waals surface area contributed by atoms with Crippen LogP contribution in [0.5, 0.6) is 0 Å². The highest BCUT2D eigenvalue weighted by Crippen LogP contribution is 2.38. The van der Waals surface area contributed by atoms with Gasteiger partial charge in [0.2, 0.25) is 11.8 Å². The fourth-order valence-corrected chi connectivity index (χ4v) is 5.28. The minimum atomic E-state index is -0.234. The molecule has 0 saturated carbocycles. The van der Waals surface area contributed by atoms with E-state index in [0.29, 0.717) is 13.1 Å². The number of thioether (sulfide) groups is 1. The predicted molar refractivity (Wildman–Crippen MR) is 108 cm³/mol. The van der Waals surface area contributed by atoms with E-state index in [0.717, 1.165) is 24.9 Å². The first-order valence-corrected chi connectivity index (χ1v) is 10.6. The minimum absolute atomic E-state index is 0.0130. The largest absolute Gasteiger partial charge is 0.356 e. The zero-order chi connectivity index (χ0) is 18.8. The Morgan fingerprint density at radius 2 is 2.15 bits per heavy atom.